The molecule has 7 heteroatoms. The van der Waals surface area contributed by atoms with Crippen LogP contribution >= 0.6 is 0 Å². The molecule has 0 aliphatic heterocycles. The topological polar surface area (TPSA) is 132 Å². The SMILES string of the molecule is CCCCCCCCCCCC(=O)O.CCCCO.O=C(O)c1ccccc1.O=C(O)c1ccccc1. The van der Waals surface area contributed by atoms with Crippen LogP contribution in [0.15, 0.2) is 60.7 Å². The van der Waals surface area contributed by atoms with E-state index in [4.69, 9.17) is 20.4 Å². The van der Waals surface area contributed by atoms with E-state index in [1.807, 2.05) is 0 Å². The summed E-state index contributed by atoms with van der Waals surface area (Å²) >= 11 is 0. The number of aromatic carboxylic acids is 2. The van der Waals surface area contributed by atoms with Crippen molar-refractivity contribution >= 4 is 17.9 Å². The second-order valence-electron chi connectivity index (χ2n) is 8.39. The molecule has 2 aromatic carbocycles. The van der Waals surface area contributed by atoms with E-state index >= 15 is 0 Å². The molecule has 0 saturated carbocycles. The van der Waals surface area contributed by atoms with Gasteiger partial charge in [-0.25, -0.2) is 9.59 Å². The van der Waals surface area contributed by atoms with Crippen LogP contribution in [0.2, 0.25) is 0 Å². The summed E-state index contributed by atoms with van der Waals surface area (Å²) in [7, 11) is 0. The minimum atomic E-state index is -0.879. The zero-order valence-electron chi connectivity index (χ0n) is 22.5. The Morgan fingerprint density at radius 3 is 1.14 bits per heavy atom. The molecule has 0 amide bonds. The second-order valence-corrected chi connectivity index (χ2v) is 8.39. The summed E-state index contributed by atoms with van der Waals surface area (Å²) in [4.78, 5) is 30.6. The van der Waals surface area contributed by atoms with E-state index in [9.17, 15) is 14.4 Å². The summed E-state index contributed by atoms with van der Waals surface area (Å²) < 4.78 is 0. The molecule has 0 radical (unpaired) electrons. The Bertz CT molecular complexity index is 741. The molecule has 0 spiro atoms. The van der Waals surface area contributed by atoms with Crippen LogP contribution in [-0.4, -0.2) is 44.9 Å². The van der Waals surface area contributed by atoms with E-state index in [1.165, 1.54) is 44.9 Å². The van der Waals surface area contributed by atoms with Gasteiger partial charge in [-0.2, -0.15) is 0 Å². The van der Waals surface area contributed by atoms with Gasteiger partial charge in [-0.05, 0) is 37.1 Å². The Morgan fingerprint density at radius 1 is 0.541 bits per heavy atom. The highest BCUT2D eigenvalue weighted by Crippen LogP contribution is 2.10. The van der Waals surface area contributed by atoms with E-state index in [1.54, 1.807) is 60.7 Å². The Morgan fingerprint density at radius 2 is 0.892 bits per heavy atom. The number of unbranched alkanes of at least 4 members (excludes halogenated alkanes) is 9. The van der Waals surface area contributed by atoms with Crippen molar-refractivity contribution in [1.29, 1.82) is 0 Å². The van der Waals surface area contributed by atoms with Crippen molar-refractivity contribution in [2.45, 2.75) is 90.9 Å². The maximum Gasteiger partial charge on any atom is 0.335 e. The standard InChI is InChI=1S/C12H24O2.2C7H6O2.C4H10O/c1-2-3-4-5-6-7-8-9-10-11-12(13)14;2*8-7(9)6-4-2-1-3-5-6;1-2-3-4-5/h2-11H2,1H3,(H,13,14);2*1-5H,(H,8,9);5H,2-4H2,1H3. The van der Waals surface area contributed by atoms with Crippen molar-refractivity contribution in [3.8, 4) is 0 Å². The monoisotopic (exact) mass is 518 g/mol. The van der Waals surface area contributed by atoms with Gasteiger partial charge in [0.15, 0.2) is 0 Å². The van der Waals surface area contributed by atoms with E-state index in [2.05, 4.69) is 13.8 Å². The van der Waals surface area contributed by atoms with E-state index in [0.29, 0.717) is 24.2 Å². The Balaban J connectivity index is 0. The first-order valence-electron chi connectivity index (χ1n) is 13.2. The van der Waals surface area contributed by atoms with Gasteiger partial charge in [-0.3, -0.25) is 4.79 Å². The average Bonchev–Trinajstić information content (AvgIpc) is 2.90. The van der Waals surface area contributed by atoms with E-state index in [-0.39, 0.29) is 0 Å². The lowest BCUT2D eigenvalue weighted by Gasteiger charge is -2.00. The number of aliphatic hydroxyl groups is 1. The fraction of sp³-hybridized carbons (Fsp3) is 0.500. The molecule has 0 aromatic heterocycles. The number of carboxylic acids is 3. The molecular formula is C30H46O7. The fourth-order valence-corrected chi connectivity index (χ4v) is 2.91. The number of aliphatic hydroxyl groups excluding tert-OH is 1. The van der Waals surface area contributed by atoms with Gasteiger partial charge in [0, 0.05) is 13.0 Å². The molecule has 4 N–H and O–H groups in total. The van der Waals surface area contributed by atoms with Crippen LogP contribution in [0.3, 0.4) is 0 Å². The van der Waals surface area contributed by atoms with Crippen molar-refractivity contribution in [3.63, 3.8) is 0 Å². The van der Waals surface area contributed by atoms with Gasteiger partial charge in [0.05, 0.1) is 11.1 Å². The average molecular weight is 519 g/mol. The molecule has 0 fully saturated rings. The maximum absolute atomic E-state index is 10.2. The highest BCUT2D eigenvalue weighted by atomic mass is 16.4. The van der Waals surface area contributed by atoms with E-state index < -0.39 is 17.9 Å². The lowest BCUT2D eigenvalue weighted by atomic mass is 10.1. The normalized spacial score (nSPS) is 9.38. The van der Waals surface area contributed by atoms with Gasteiger partial charge in [0.2, 0.25) is 0 Å². The molecule has 7 nitrogen and oxygen atoms in total. The second kappa shape index (κ2) is 27.4. The number of hydrogen-bond acceptors (Lipinski definition) is 4. The summed E-state index contributed by atoms with van der Waals surface area (Å²) in [5.74, 6) is -2.42. The molecule has 0 aliphatic carbocycles. The number of hydrogen-bond donors (Lipinski definition) is 4. The predicted octanol–water partition coefficient (Wildman–Crippen LogP) is 7.54. The van der Waals surface area contributed by atoms with Crippen LogP contribution in [0.25, 0.3) is 0 Å². The van der Waals surface area contributed by atoms with Gasteiger partial charge >= 0.3 is 17.9 Å². The number of rotatable bonds is 14. The van der Waals surface area contributed by atoms with Crippen LogP contribution in [-0.2, 0) is 4.79 Å². The summed E-state index contributed by atoms with van der Waals surface area (Å²) in [6, 6.07) is 16.6. The smallest absolute Gasteiger partial charge is 0.335 e. The molecule has 0 saturated heterocycles. The number of aliphatic carboxylic acids is 1. The van der Waals surface area contributed by atoms with Crippen molar-refractivity contribution in [2.24, 2.45) is 0 Å². The maximum atomic E-state index is 10.2. The molecule has 0 bridgehead atoms. The molecule has 0 aliphatic rings. The third-order valence-electron chi connectivity index (χ3n) is 5.05. The summed E-state index contributed by atoms with van der Waals surface area (Å²) in [5.41, 5.74) is 0.662. The van der Waals surface area contributed by atoms with Crippen LogP contribution in [0, 0.1) is 0 Å². The first kappa shape index (κ1) is 36.0. The van der Waals surface area contributed by atoms with Crippen molar-refractivity contribution in [3.05, 3.63) is 71.8 Å². The summed E-state index contributed by atoms with van der Waals surface area (Å²) in [6.07, 6.45) is 13.5. The van der Waals surface area contributed by atoms with Gasteiger partial charge < -0.3 is 20.4 Å². The minimum Gasteiger partial charge on any atom is -0.481 e. The Hall–Kier alpha value is -3.19. The molecule has 208 valence electrons. The number of carbonyl (C=O) groups is 3. The third kappa shape index (κ3) is 27.2. The van der Waals surface area contributed by atoms with E-state index in [0.717, 1.165) is 25.7 Å². The molecular weight excluding hydrogens is 472 g/mol. The van der Waals surface area contributed by atoms with Crippen LogP contribution in [0.5, 0.6) is 0 Å². The van der Waals surface area contributed by atoms with Gasteiger partial charge in [0.1, 0.15) is 0 Å². The first-order chi connectivity index (χ1) is 17.8. The zero-order valence-corrected chi connectivity index (χ0v) is 22.5. The highest BCUT2D eigenvalue weighted by Gasteiger charge is 1.98. The highest BCUT2D eigenvalue weighted by molar-refractivity contribution is 5.87. The van der Waals surface area contributed by atoms with Crippen LogP contribution < -0.4 is 0 Å². The lowest BCUT2D eigenvalue weighted by Crippen LogP contribution is -1.93. The Kier molecular flexibility index (Phi) is 26.6. The predicted molar refractivity (Wildman–Crippen MR) is 148 cm³/mol. The van der Waals surface area contributed by atoms with Gasteiger partial charge in [-0.1, -0.05) is 108 Å². The summed E-state index contributed by atoms with van der Waals surface area (Å²) in [6.45, 7) is 4.62. The van der Waals surface area contributed by atoms with Crippen molar-refractivity contribution < 1.29 is 34.8 Å². The van der Waals surface area contributed by atoms with Crippen LogP contribution in [0.4, 0.5) is 0 Å². The van der Waals surface area contributed by atoms with Crippen molar-refractivity contribution in [1.82, 2.24) is 0 Å². The summed E-state index contributed by atoms with van der Waals surface area (Å²) in [5, 5.41) is 33.2. The molecule has 37 heavy (non-hydrogen) atoms. The molecule has 0 heterocycles. The minimum absolute atomic E-state index is 0.331. The number of carboxylic acid groups (broad SMARTS) is 3. The lowest BCUT2D eigenvalue weighted by molar-refractivity contribution is -0.137. The molecule has 2 aromatic rings. The van der Waals surface area contributed by atoms with Gasteiger partial charge in [-0.15, -0.1) is 0 Å². The quantitative estimate of drug-likeness (QED) is 0.190. The largest absolute Gasteiger partial charge is 0.481 e. The molecule has 0 atom stereocenters. The van der Waals surface area contributed by atoms with Gasteiger partial charge in [0.25, 0.3) is 0 Å². The molecule has 0 unspecified atom stereocenters. The number of benzene rings is 2. The third-order valence-corrected chi connectivity index (χ3v) is 5.05. The fourth-order valence-electron chi connectivity index (χ4n) is 2.91. The van der Waals surface area contributed by atoms with Crippen molar-refractivity contribution in [2.75, 3.05) is 6.61 Å². The van der Waals surface area contributed by atoms with Crippen LogP contribution in [0.1, 0.15) is 112 Å². The molecule has 2 rings (SSSR count). The Labute approximate surface area is 222 Å². The zero-order chi connectivity index (χ0) is 28.2. The first-order valence-corrected chi connectivity index (χ1v) is 13.2.